The van der Waals surface area contributed by atoms with Crippen molar-refractivity contribution in [2.75, 3.05) is 13.3 Å². The molecule has 1 unspecified atom stereocenters. The Hall–Kier alpha value is -3.22. The minimum Gasteiger partial charge on any atom is -0.396 e. The van der Waals surface area contributed by atoms with Gasteiger partial charge < -0.3 is 19.3 Å². The number of halogens is 1. The van der Waals surface area contributed by atoms with E-state index in [0.29, 0.717) is 13.2 Å². The molecule has 32 heavy (non-hydrogen) atoms. The quantitative estimate of drug-likeness (QED) is 0.627. The van der Waals surface area contributed by atoms with Crippen LogP contribution in [-0.4, -0.2) is 27.9 Å². The van der Waals surface area contributed by atoms with Crippen molar-refractivity contribution in [2.45, 2.75) is 25.0 Å². The summed E-state index contributed by atoms with van der Waals surface area (Å²) in [5, 5.41) is 9.58. The maximum atomic E-state index is 13.4. The van der Waals surface area contributed by atoms with E-state index in [1.54, 1.807) is 29.8 Å². The van der Waals surface area contributed by atoms with Crippen molar-refractivity contribution in [3.05, 3.63) is 106 Å². The van der Waals surface area contributed by atoms with Crippen LogP contribution in [0.15, 0.2) is 83.9 Å². The predicted octanol–water partition coefficient (Wildman–Crippen LogP) is 4.33. The molecule has 2 heterocycles. The van der Waals surface area contributed by atoms with E-state index < -0.39 is 5.60 Å². The second-order valence-electron chi connectivity index (χ2n) is 8.14. The molecular formula is C26H27FN2O3. The van der Waals surface area contributed by atoms with Crippen LogP contribution < -0.4 is 5.56 Å². The SMILES string of the molecule is C[C@@H](c1ccc(-c2ccc(=O)n(C)c2)cc1)N1C=CC(CCO)(c2ccc(F)cc2)OC1. The zero-order valence-corrected chi connectivity index (χ0v) is 18.2. The molecule has 5 nitrogen and oxygen atoms in total. The molecule has 0 spiro atoms. The molecular weight excluding hydrogens is 407 g/mol. The molecule has 0 amide bonds. The maximum Gasteiger partial charge on any atom is 0.250 e. The van der Waals surface area contributed by atoms with Crippen molar-refractivity contribution in [3.63, 3.8) is 0 Å². The van der Waals surface area contributed by atoms with Gasteiger partial charge in [-0.05, 0) is 53.5 Å². The lowest BCUT2D eigenvalue weighted by atomic mass is 9.89. The van der Waals surface area contributed by atoms with E-state index in [4.69, 9.17) is 4.74 Å². The molecule has 0 fully saturated rings. The minimum atomic E-state index is -0.772. The summed E-state index contributed by atoms with van der Waals surface area (Å²) in [5.74, 6) is -0.302. The molecule has 3 aromatic rings. The summed E-state index contributed by atoms with van der Waals surface area (Å²) in [7, 11) is 1.74. The van der Waals surface area contributed by atoms with Gasteiger partial charge in [-0.3, -0.25) is 4.79 Å². The Morgan fingerprint density at radius 1 is 1.06 bits per heavy atom. The van der Waals surface area contributed by atoms with E-state index in [0.717, 1.165) is 22.3 Å². The third-order valence-corrected chi connectivity index (χ3v) is 6.13. The molecule has 2 aromatic carbocycles. The van der Waals surface area contributed by atoms with Crippen LogP contribution in [0.2, 0.25) is 0 Å². The number of rotatable bonds is 6. The minimum absolute atomic E-state index is 0.0335. The van der Waals surface area contributed by atoms with Gasteiger partial charge in [0.25, 0.3) is 0 Å². The number of nitrogens with zero attached hydrogens (tertiary/aromatic N) is 2. The van der Waals surface area contributed by atoms with E-state index in [9.17, 15) is 14.3 Å². The maximum absolute atomic E-state index is 13.4. The molecule has 0 saturated carbocycles. The first-order valence-electron chi connectivity index (χ1n) is 10.6. The molecule has 1 aliphatic rings. The van der Waals surface area contributed by atoms with Gasteiger partial charge in [0, 0.05) is 38.5 Å². The standard InChI is InChI=1S/C26H27FN2O3/c1-19(20-3-5-21(6-4-20)22-7-12-25(31)28(2)17-22)29-15-13-26(14-16-30,32-18-29)23-8-10-24(27)11-9-23/h3-13,15,17,19,30H,14,16,18H2,1-2H3/t19-,26?/m0/s1. The average Bonchev–Trinajstić information content (AvgIpc) is 2.81. The van der Waals surface area contributed by atoms with Crippen LogP contribution in [0.4, 0.5) is 4.39 Å². The van der Waals surface area contributed by atoms with Gasteiger partial charge in [-0.2, -0.15) is 0 Å². The van der Waals surface area contributed by atoms with Gasteiger partial charge in [-0.15, -0.1) is 0 Å². The van der Waals surface area contributed by atoms with E-state index in [-0.39, 0.29) is 24.0 Å². The van der Waals surface area contributed by atoms with Crippen LogP contribution in [0.1, 0.15) is 30.5 Å². The third kappa shape index (κ3) is 4.38. The second-order valence-corrected chi connectivity index (χ2v) is 8.14. The largest absolute Gasteiger partial charge is 0.396 e. The van der Waals surface area contributed by atoms with Crippen molar-refractivity contribution in [1.82, 2.24) is 9.47 Å². The van der Waals surface area contributed by atoms with Crippen molar-refractivity contribution in [3.8, 4) is 11.1 Å². The van der Waals surface area contributed by atoms with Gasteiger partial charge >= 0.3 is 0 Å². The van der Waals surface area contributed by atoms with Crippen LogP contribution in [0.3, 0.4) is 0 Å². The van der Waals surface area contributed by atoms with Gasteiger partial charge in [0.15, 0.2) is 0 Å². The lowest BCUT2D eigenvalue weighted by Crippen LogP contribution is -2.39. The fourth-order valence-corrected chi connectivity index (χ4v) is 4.03. The van der Waals surface area contributed by atoms with Gasteiger partial charge in [0.05, 0.1) is 6.04 Å². The number of aromatic nitrogens is 1. The molecule has 1 N–H and O–H groups in total. The van der Waals surface area contributed by atoms with Crippen LogP contribution in [0, 0.1) is 5.82 Å². The Bertz CT molecular complexity index is 1150. The first-order valence-corrected chi connectivity index (χ1v) is 10.6. The van der Waals surface area contributed by atoms with E-state index in [2.05, 4.69) is 36.1 Å². The monoisotopic (exact) mass is 434 g/mol. The van der Waals surface area contributed by atoms with E-state index in [1.165, 1.54) is 12.1 Å². The van der Waals surface area contributed by atoms with Crippen molar-refractivity contribution < 1.29 is 14.2 Å². The van der Waals surface area contributed by atoms with Gasteiger partial charge in [-0.25, -0.2) is 4.39 Å². The molecule has 166 valence electrons. The Morgan fingerprint density at radius 3 is 2.34 bits per heavy atom. The van der Waals surface area contributed by atoms with Gasteiger partial charge in [0.1, 0.15) is 18.1 Å². The number of aliphatic hydroxyl groups excluding tert-OH is 1. The number of benzene rings is 2. The highest BCUT2D eigenvalue weighted by atomic mass is 19.1. The van der Waals surface area contributed by atoms with Crippen LogP contribution in [0.25, 0.3) is 11.1 Å². The average molecular weight is 435 g/mol. The zero-order chi connectivity index (χ0) is 22.7. The van der Waals surface area contributed by atoms with Crippen LogP contribution in [-0.2, 0) is 17.4 Å². The summed E-state index contributed by atoms with van der Waals surface area (Å²) in [6.45, 7) is 2.41. The highest BCUT2D eigenvalue weighted by Crippen LogP contribution is 2.36. The highest BCUT2D eigenvalue weighted by Gasteiger charge is 2.34. The van der Waals surface area contributed by atoms with Crippen molar-refractivity contribution in [2.24, 2.45) is 7.05 Å². The van der Waals surface area contributed by atoms with E-state index in [1.807, 2.05) is 24.5 Å². The molecule has 0 bridgehead atoms. The molecule has 6 heteroatoms. The van der Waals surface area contributed by atoms with Crippen molar-refractivity contribution >= 4 is 0 Å². The fraction of sp³-hybridized carbons (Fsp3) is 0.269. The Labute approximate surface area is 187 Å². The predicted molar refractivity (Wildman–Crippen MR) is 122 cm³/mol. The first kappa shape index (κ1) is 22.0. The lowest BCUT2D eigenvalue weighted by Gasteiger charge is -2.40. The fourth-order valence-electron chi connectivity index (χ4n) is 4.03. The molecule has 1 aliphatic heterocycles. The molecule has 0 aliphatic carbocycles. The van der Waals surface area contributed by atoms with Crippen LogP contribution in [0.5, 0.6) is 0 Å². The van der Waals surface area contributed by atoms with E-state index >= 15 is 0 Å². The van der Waals surface area contributed by atoms with Crippen LogP contribution >= 0.6 is 0 Å². The van der Waals surface area contributed by atoms with Crippen molar-refractivity contribution in [1.29, 1.82) is 0 Å². The molecule has 2 atom stereocenters. The Balaban J connectivity index is 1.52. The molecule has 1 aromatic heterocycles. The lowest BCUT2D eigenvalue weighted by molar-refractivity contribution is -0.0919. The normalized spacial score (nSPS) is 19.2. The Morgan fingerprint density at radius 2 is 1.75 bits per heavy atom. The molecule has 4 rings (SSSR count). The zero-order valence-electron chi connectivity index (χ0n) is 18.2. The first-order chi connectivity index (χ1) is 15.4. The highest BCUT2D eigenvalue weighted by molar-refractivity contribution is 5.62. The summed E-state index contributed by atoms with van der Waals surface area (Å²) in [4.78, 5) is 13.7. The summed E-state index contributed by atoms with van der Waals surface area (Å²) in [6, 6.07) is 17.9. The number of hydrogen-bond donors (Lipinski definition) is 1. The number of aryl methyl sites for hydroxylation is 1. The number of hydrogen-bond acceptors (Lipinski definition) is 4. The smallest absolute Gasteiger partial charge is 0.250 e. The third-order valence-electron chi connectivity index (χ3n) is 6.13. The summed E-state index contributed by atoms with van der Waals surface area (Å²) in [6.07, 6.45) is 6.16. The summed E-state index contributed by atoms with van der Waals surface area (Å²) < 4.78 is 21.2. The second kappa shape index (κ2) is 9.10. The Kier molecular flexibility index (Phi) is 6.26. The molecule has 0 radical (unpaired) electrons. The number of pyridine rings is 1. The topological polar surface area (TPSA) is 54.7 Å². The summed E-state index contributed by atoms with van der Waals surface area (Å²) >= 11 is 0. The van der Waals surface area contributed by atoms with Gasteiger partial charge in [-0.1, -0.05) is 36.4 Å². The molecule has 0 saturated heterocycles. The number of aliphatic hydroxyl groups is 1. The summed E-state index contributed by atoms with van der Waals surface area (Å²) in [5.41, 5.74) is 3.17. The van der Waals surface area contributed by atoms with Gasteiger partial charge in [0.2, 0.25) is 5.56 Å². The number of ether oxygens (including phenoxy) is 1.